The highest BCUT2D eigenvalue weighted by atomic mass is 32.1. The van der Waals surface area contributed by atoms with Crippen LogP contribution >= 0.6 is 18.9 Å². The molecule has 2 unspecified atom stereocenters. The molecule has 160 valence electrons. The molecule has 2 aromatic carbocycles. The molecule has 3 rings (SSSR count). The average molecular weight is 447 g/mol. The number of benzene rings is 2. The molecule has 0 fully saturated rings. The van der Waals surface area contributed by atoms with Crippen LogP contribution in [-0.2, 0) is 20.3 Å². The van der Waals surface area contributed by atoms with Gasteiger partial charge in [-0.3, -0.25) is 9.36 Å². The van der Waals surface area contributed by atoms with E-state index in [0.29, 0.717) is 12.8 Å². The maximum atomic E-state index is 12.2. The minimum absolute atomic E-state index is 0.123. The maximum absolute atomic E-state index is 12.2. The van der Waals surface area contributed by atoms with Gasteiger partial charge in [-0.25, -0.2) is 4.98 Å². The number of rotatable bonds is 10. The number of para-hydroxylation sites is 1. The summed E-state index contributed by atoms with van der Waals surface area (Å²) in [6, 6.07) is 15.8. The first-order valence-corrected chi connectivity index (χ1v) is 12.4. The van der Waals surface area contributed by atoms with Gasteiger partial charge in [0, 0.05) is 12.1 Å². The Bertz CT molecular complexity index is 1010. The normalized spacial score (nSPS) is 14.2. The monoisotopic (exact) mass is 447 g/mol. The van der Waals surface area contributed by atoms with Crippen LogP contribution in [0.4, 0.5) is 10.8 Å². The lowest BCUT2D eigenvalue weighted by atomic mass is 10.1. The molecule has 30 heavy (non-hydrogen) atoms. The van der Waals surface area contributed by atoms with Gasteiger partial charge in [0.1, 0.15) is 5.78 Å². The van der Waals surface area contributed by atoms with Crippen molar-refractivity contribution < 1.29 is 18.8 Å². The van der Waals surface area contributed by atoms with Crippen LogP contribution in [0, 0.1) is 0 Å². The Morgan fingerprint density at radius 1 is 1.20 bits per heavy atom. The summed E-state index contributed by atoms with van der Waals surface area (Å²) in [5, 5.41) is 6.76. The zero-order valence-corrected chi connectivity index (χ0v) is 18.7. The molecule has 0 saturated heterocycles. The van der Waals surface area contributed by atoms with E-state index in [2.05, 4.69) is 15.6 Å². The number of fused-ring (bicyclic) bond motifs is 1. The minimum atomic E-state index is -3.85. The highest BCUT2D eigenvalue weighted by molar-refractivity contribution is 7.53. The van der Waals surface area contributed by atoms with Crippen LogP contribution in [0.1, 0.15) is 32.3 Å². The SMILES string of the molecule is CCOP(=O)(O)C(CC)NC(=O)CCc1ccc(Nc2nc3ccccc3s2)cc1. The van der Waals surface area contributed by atoms with Gasteiger partial charge in [-0.15, -0.1) is 0 Å². The Kier molecular flexibility index (Phi) is 7.61. The van der Waals surface area contributed by atoms with Crippen molar-refractivity contribution in [2.75, 3.05) is 11.9 Å². The second-order valence-corrected chi connectivity index (χ2v) is 9.82. The van der Waals surface area contributed by atoms with Gasteiger partial charge in [-0.05, 0) is 49.6 Å². The summed E-state index contributed by atoms with van der Waals surface area (Å²) in [4.78, 5) is 26.7. The Morgan fingerprint density at radius 3 is 2.60 bits per heavy atom. The first-order valence-electron chi connectivity index (χ1n) is 9.89. The van der Waals surface area contributed by atoms with Crippen molar-refractivity contribution in [2.24, 2.45) is 0 Å². The molecule has 1 aromatic heterocycles. The van der Waals surface area contributed by atoms with E-state index in [1.54, 1.807) is 25.2 Å². The molecule has 0 bridgehead atoms. The molecule has 0 aliphatic carbocycles. The number of nitrogens with one attached hydrogen (secondary N) is 2. The van der Waals surface area contributed by atoms with Crippen LogP contribution in [0.15, 0.2) is 48.5 Å². The molecule has 2 atom stereocenters. The van der Waals surface area contributed by atoms with Crippen molar-refractivity contribution in [3.05, 3.63) is 54.1 Å². The second-order valence-electron chi connectivity index (χ2n) is 6.78. The first kappa shape index (κ1) is 22.4. The van der Waals surface area contributed by atoms with Crippen molar-refractivity contribution in [1.82, 2.24) is 10.3 Å². The van der Waals surface area contributed by atoms with Crippen LogP contribution in [0.25, 0.3) is 10.2 Å². The third-order valence-electron chi connectivity index (χ3n) is 4.56. The molecule has 3 N–H and O–H groups in total. The largest absolute Gasteiger partial charge is 0.350 e. The molecule has 1 amide bonds. The lowest BCUT2D eigenvalue weighted by molar-refractivity contribution is -0.121. The number of hydrogen-bond acceptors (Lipinski definition) is 6. The van der Waals surface area contributed by atoms with Crippen LogP contribution < -0.4 is 10.6 Å². The van der Waals surface area contributed by atoms with Gasteiger partial charge in [-0.2, -0.15) is 0 Å². The molecule has 0 spiro atoms. The fraction of sp³-hybridized carbons (Fsp3) is 0.333. The lowest BCUT2D eigenvalue weighted by Crippen LogP contribution is -2.34. The van der Waals surface area contributed by atoms with Crippen molar-refractivity contribution in [1.29, 1.82) is 0 Å². The predicted molar refractivity (Wildman–Crippen MR) is 121 cm³/mol. The van der Waals surface area contributed by atoms with Crippen molar-refractivity contribution >= 4 is 45.9 Å². The summed E-state index contributed by atoms with van der Waals surface area (Å²) in [7, 11) is -3.85. The molecular formula is C21H26N3O4PS. The summed E-state index contributed by atoms with van der Waals surface area (Å²) >= 11 is 1.59. The number of aryl methyl sites for hydroxylation is 1. The quantitative estimate of drug-likeness (QED) is 0.376. The number of anilines is 2. The highest BCUT2D eigenvalue weighted by Crippen LogP contribution is 2.47. The maximum Gasteiger partial charge on any atom is 0.350 e. The number of nitrogens with zero attached hydrogens (tertiary/aromatic N) is 1. The van der Waals surface area contributed by atoms with E-state index in [-0.39, 0.29) is 18.9 Å². The van der Waals surface area contributed by atoms with E-state index < -0.39 is 13.4 Å². The summed E-state index contributed by atoms with van der Waals surface area (Å²) < 4.78 is 18.1. The van der Waals surface area contributed by atoms with Gasteiger partial charge in [0.25, 0.3) is 0 Å². The molecule has 9 heteroatoms. The van der Waals surface area contributed by atoms with Crippen LogP contribution in [0.2, 0.25) is 0 Å². The molecular weight excluding hydrogens is 421 g/mol. The standard InChI is InChI=1S/C21H26N3O4PS/c1-3-20(29(26,27)28-4-2)24-19(25)14-11-15-9-12-16(13-10-15)22-21-23-17-7-5-6-8-18(17)30-21/h5-10,12-13,20H,3-4,11,14H2,1-2H3,(H,22,23)(H,24,25)(H,26,27). The number of aromatic nitrogens is 1. The van der Waals surface area contributed by atoms with Crippen molar-refractivity contribution in [3.63, 3.8) is 0 Å². The molecule has 1 heterocycles. The molecule has 0 aliphatic heterocycles. The van der Waals surface area contributed by atoms with Gasteiger partial charge in [0.05, 0.1) is 16.8 Å². The summed E-state index contributed by atoms with van der Waals surface area (Å²) in [6.45, 7) is 3.51. The third-order valence-corrected chi connectivity index (χ3v) is 7.42. The van der Waals surface area contributed by atoms with Crippen molar-refractivity contribution in [3.8, 4) is 0 Å². The Balaban J connectivity index is 1.52. The lowest BCUT2D eigenvalue weighted by Gasteiger charge is -2.22. The number of thiazole rings is 1. The molecule has 0 aliphatic rings. The molecule has 3 aromatic rings. The van der Waals surface area contributed by atoms with Crippen LogP contribution in [0.3, 0.4) is 0 Å². The summed E-state index contributed by atoms with van der Waals surface area (Å²) in [6.07, 6.45) is 1.09. The zero-order valence-electron chi connectivity index (χ0n) is 17.0. The van der Waals surface area contributed by atoms with E-state index in [1.165, 1.54) is 0 Å². The summed E-state index contributed by atoms with van der Waals surface area (Å²) in [5.41, 5.74) is 2.89. The van der Waals surface area contributed by atoms with Crippen molar-refractivity contribution in [2.45, 2.75) is 38.9 Å². The molecule has 0 radical (unpaired) electrons. The number of hydrogen-bond donors (Lipinski definition) is 3. The smallest absolute Gasteiger partial charge is 0.342 e. The van der Waals surface area contributed by atoms with Crippen LogP contribution in [0.5, 0.6) is 0 Å². The van der Waals surface area contributed by atoms with Gasteiger partial charge in [0.2, 0.25) is 5.91 Å². The van der Waals surface area contributed by atoms with Gasteiger partial charge < -0.3 is 20.1 Å². The fourth-order valence-electron chi connectivity index (χ4n) is 3.01. The van der Waals surface area contributed by atoms with E-state index in [4.69, 9.17) is 4.52 Å². The first-order chi connectivity index (χ1) is 14.4. The average Bonchev–Trinajstić information content (AvgIpc) is 3.13. The van der Waals surface area contributed by atoms with Gasteiger partial charge in [0.15, 0.2) is 5.13 Å². The Hall–Kier alpha value is -2.25. The second kappa shape index (κ2) is 10.2. The van der Waals surface area contributed by atoms with E-state index >= 15 is 0 Å². The molecule has 0 saturated carbocycles. The van der Waals surface area contributed by atoms with E-state index in [0.717, 1.165) is 26.6 Å². The predicted octanol–water partition coefficient (Wildman–Crippen LogP) is 5.05. The highest BCUT2D eigenvalue weighted by Gasteiger charge is 2.31. The topological polar surface area (TPSA) is 101 Å². The van der Waals surface area contributed by atoms with Crippen LogP contribution in [-0.4, -0.2) is 28.2 Å². The molecule has 7 nitrogen and oxygen atoms in total. The van der Waals surface area contributed by atoms with Gasteiger partial charge >= 0.3 is 7.60 Å². The number of amides is 1. The third kappa shape index (κ3) is 5.89. The summed E-state index contributed by atoms with van der Waals surface area (Å²) in [5.74, 6) is -1.15. The zero-order chi connectivity index (χ0) is 21.6. The van der Waals surface area contributed by atoms with E-state index in [9.17, 15) is 14.3 Å². The number of carbonyl (C=O) groups excluding carboxylic acids is 1. The minimum Gasteiger partial charge on any atom is -0.342 e. The fourth-order valence-corrected chi connectivity index (χ4v) is 5.21. The Morgan fingerprint density at radius 2 is 1.93 bits per heavy atom. The van der Waals surface area contributed by atoms with E-state index in [1.807, 2.05) is 48.5 Å². The number of carbonyl (C=O) groups is 1. The van der Waals surface area contributed by atoms with Gasteiger partial charge in [-0.1, -0.05) is 42.5 Å². The Labute approximate surface area is 180 Å².